The van der Waals surface area contributed by atoms with Crippen molar-refractivity contribution in [1.29, 1.82) is 0 Å². The van der Waals surface area contributed by atoms with Crippen molar-refractivity contribution < 1.29 is 48.7 Å². The third-order valence-corrected chi connectivity index (χ3v) is 17.2. The fourth-order valence-corrected chi connectivity index (χ4v) is 12.3. The van der Waals surface area contributed by atoms with Gasteiger partial charge in [-0.2, -0.15) is 0 Å². The summed E-state index contributed by atoms with van der Waals surface area (Å²) in [6.07, 6.45) is 18.0. The summed E-state index contributed by atoms with van der Waals surface area (Å²) in [5.41, 5.74) is 7.14. The molecular weight excluding hydrogens is 1080 g/mol. The number of pyridine rings is 1. The number of hydrogen-bond donors (Lipinski definition) is 6. The second-order valence-electron chi connectivity index (χ2n) is 23.5. The molecule has 5 aliphatic rings. The minimum Gasteiger partial charge on any atom is -0.512 e. The van der Waals surface area contributed by atoms with E-state index in [0.717, 1.165) is 51.2 Å². The SMILES string of the molecule is C=C(O)CN1CCN(CC(=O)O)CCN(C(CCC(=O)CCCNC(=S)Nc2ccc(SC3=C(/C=C/C4=Nc5c(ccc[n+]5C)C4(C)C)C[N+](C)(C)C/C3=C\C=C3/N=C4C(=CC=CN4C)C3(C)C)cc2)C(=O)O)CCN(CC(=O)O)CC1. The third kappa shape index (κ3) is 16.8. The highest BCUT2D eigenvalue weighted by atomic mass is 32.2. The van der Waals surface area contributed by atoms with Crippen molar-refractivity contribution in [2.75, 3.05) is 118 Å². The first kappa shape index (κ1) is 63.0. The van der Waals surface area contributed by atoms with Crippen LogP contribution in [0.5, 0.6) is 0 Å². The van der Waals surface area contributed by atoms with Gasteiger partial charge in [-0.1, -0.05) is 44.3 Å². The van der Waals surface area contributed by atoms with Crippen molar-refractivity contribution >= 4 is 75.8 Å². The summed E-state index contributed by atoms with van der Waals surface area (Å²) in [7, 11) is 8.62. The maximum absolute atomic E-state index is 13.3. The van der Waals surface area contributed by atoms with Gasteiger partial charge in [-0.3, -0.25) is 38.8 Å². The second kappa shape index (κ2) is 27.7. The van der Waals surface area contributed by atoms with Gasteiger partial charge in [0.2, 0.25) is 0 Å². The highest BCUT2D eigenvalue weighted by Gasteiger charge is 2.42. The summed E-state index contributed by atoms with van der Waals surface area (Å²) < 4.78 is 2.85. The molecule has 82 heavy (non-hydrogen) atoms. The van der Waals surface area contributed by atoms with E-state index in [0.29, 0.717) is 44.3 Å². The summed E-state index contributed by atoms with van der Waals surface area (Å²) in [6, 6.07) is 11.4. The van der Waals surface area contributed by atoms with Gasteiger partial charge in [0.1, 0.15) is 30.8 Å². The number of quaternary nitrogens is 1. The number of aromatic nitrogens is 1. The van der Waals surface area contributed by atoms with Gasteiger partial charge in [0, 0.05) is 123 Å². The van der Waals surface area contributed by atoms with Gasteiger partial charge in [-0.15, -0.1) is 0 Å². The van der Waals surface area contributed by atoms with Gasteiger partial charge in [-0.05, 0) is 105 Å². The molecule has 1 unspecified atom stereocenters. The molecule has 0 aliphatic carbocycles. The topological polar surface area (TPSA) is 218 Å². The van der Waals surface area contributed by atoms with Crippen LogP contribution >= 0.6 is 24.0 Å². The molecule has 1 fully saturated rings. The van der Waals surface area contributed by atoms with Crippen LogP contribution < -0.4 is 15.2 Å². The first-order valence-corrected chi connectivity index (χ1v) is 29.2. The molecule has 6 N–H and O–H groups in total. The minimum absolute atomic E-state index is 0.0156. The zero-order chi connectivity index (χ0) is 59.5. The number of carbonyl (C=O) groups is 4. The maximum atomic E-state index is 13.3. The normalized spacial score (nSPS) is 21.0. The predicted octanol–water partition coefficient (Wildman–Crippen LogP) is 6.53. The van der Waals surface area contributed by atoms with E-state index >= 15 is 0 Å². The smallest absolute Gasteiger partial charge is 0.327 e. The van der Waals surface area contributed by atoms with Crippen molar-refractivity contribution in [3.63, 3.8) is 0 Å². The van der Waals surface area contributed by atoms with Crippen LogP contribution in [0.4, 0.5) is 11.5 Å². The number of aliphatic imine (C=N–C) groups is 2. The number of amidine groups is 1. The van der Waals surface area contributed by atoms with Gasteiger partial charge >= 0.3 is 23.7 Å². The van der Waals surface area contributed by atoms with Gasteiger partial charge < -0.3 is 40.4 Å². The van der Waals surface area contributed by atoms with E-state index in [4.69, 9.17) is 22.2 Å². The Morgan fingerprint density at radius 1 is 0.841 bits per heavy atom. The zero-order valence-electron chi connectivity index (χ0n) is 48.9. The number of nitrogens with one attached hydrogen (secondary N) is 2. The Labute approximate surface area is 492 Å². The highest BCUT2D eigenvalue weighted by molar-refractivity contribution is 8.03. The number of aryl methyl sites for hydroxylation is 1. The number of aliphatic hydroxyl groups is 1. The number of ketones is 1. The average molecular weight is 1160 g/mol. The third-order valence-electron chi connectivity index (χ3n) is 15.7. The number of thioether (sulfide) groups is 1. The molecule has 0 spiro atoms. The lowest BCUT2D eigenvalue weighted by molar-refractivity contribution is -0.881. The molecule has 6 heterocycles. The van der Waals surface area contributed by atoms with E-state index in [1.54, 1.807) is 26.5 Å². The summed E-state index contributed by atoms with van der Waals surface area (Å²) in [5.74, 6) is -1.39. The van der Waals surface area contributed by atoms with Crippen molar-refractivity contribution in [3.8, 4) is 0 Å². The number of rotatable bonds is 21. The first-order chi connectivity index (χ1) is 38.8. The van der Waals surface area contributed by atoms with Crippen LogP contribution in [-0.2, 0) is 31.6 Å². The molecule has 440 valence electrons. The van der Waals surface area contributed by atoms with Gasteiger partial charge in [-0.25, -0.2) is 9.56 Å². The van der Waals surface area contributed by atoms with Gasteiger partial charge in [0.25, 0.3) is 0 Å². The van der Waals surface area contributed by atoms with E-state index in [1.807, 2.05) is 43.5 Å². The summed E-state index contributed by atoms with van der Waals surface area (Å²) in [6.45, 7) is 16.4. The monoisotopic (exact) mass is 1160 g/mol. The molecule has 1 saturated heterocycles. The number of carboxylic acids is 3. The van der Waals surface area contributed by atoms with Crippen molar-refractivity contribution in [2.24, 2.45) is 22.4 Å². The number of nitrogens with zero attached hydrogens (tertiary/aromatic N) is 9. The predicted molar refractivity (Wildman–Crippen MR) is 327 cm³/mol. The number of Topliss-reactive ketones (excluding diaryl/α,β-unsaturated/α-hetero) is 1. The quantitative estimate of drug-likeness (QED) is 0.0257. The van der Waals surface area contributed by atoms with Crippen molar-refractivity contribution in [2.45, 2.75) is 69.7 Å². The molecule has 7 rings (SSSR count). The molecule has 0 saturated carbocycles. The number of aliphatic carboxylic acids is 3. The number of hydrogen-bond acceptors (Lipinski definition) is 14. The summed E-state index contributed by atoms with van der Waals surface area (Å²) in [4.78, 5) is 71.3. The second-order valence-corrected chi connectivity index (χ2v) is 25.0. The number of benzene rings is 1. The van der Waals surface area contributed by atoms with E-state index in [1.165, 1.54) is 27.2 Å². The van der Waals surface area contributed by atoms with Gasteiger partial charge in [0.15, 0.2) is 10.8 Å². The molecule has 1 aromatic heterocycles. The number of anilines is 1. The number of fused-ring (bicyclic) bond motifs is 2. The Hall–Kier alpha value is -6.59. The van der Waals surface area contributed by atoms with Crippen LogP contribution in [0.2, 0.25) is 0 Å². The number of carbonyl (C=O) groups excluding carboxylic acids is 1. The van der Waals surface area contributed by atoms with E-state index in [-0.39, 0.29) is 87.4 Å². The lowest BCUT2D eigenvalue weighted by atomic mass is 9.81. The van der Waals surface area contributed by atoms with Crippen molar-refractivity contribution in [1.82, 2.24) is 29.8 Å². The average Bonchev–Trinajstić information content (AvgIpc) is 4.03. The van der Waals surface area contributed by atoms with Crippen LogP contribution in [-0.4, -0.2) is 209 Å². The minimum atomic E-state index is -1.12. The fourth-order valence-electron chi connectivity index (χ4n) is 11.1. The molecule has 19 nitrogen and oxygen atoms in total. The Bertz CT molecular complexity index is 3000. The molecule has 0 radical (unpaired) electrons. The zero-order valence-corrected chi connectivity index (χ0v) is 50.5. The fraction of sp³-hybridized carbons (Fsp3) is 0.475. The first-order valence-electron chi connectivity index (χ1n) is 28.0. The molecule has 0 amide bonds. The molecule has 1 aromatic carbocycles. The van der Waals surface area contributed by atoms with Crippen LogP contribution in [0.25, 0.3) is 0 Å². The number of thiocarbonyl (C=S) groups is 1. The Morgan fingerprint density at radius 3 is 2.07 bits per heavy atom. The van der Waals surface area contributed by atoms with Crippen LogP contribution in [0.15, 0.2) is 140 Å². The van der Waals surface area contributed by atoms with E-state index < -0.39 is 23.9 Å². The molecule has 1 atom stereocenters. The Balaban J connectivity index is 0.980. The van der Waals surface area contributed by atoms with E-state index in [9.17, 15) is 39.6 Å². The Kier molecular flexibility index (Phi) is 21.2. The molecule has 21 heteroatoms. The largest absolute Gasteiger partial charge is 0.512 e. The molecule has 5 aliphatic heterocycles. The lowest BCUT2D eigenvalue weighted by Crippen LogP contribution is -2.51. The Morgan fingerprint density at radius 2 is 1.48 bits per heavy atom. The van der Waals surface area contributed by atoms with Crippen LogP contribution in [0, 0.1) is 5.41 Å². The van der Waals surface area contributed by atoms with Gasteiger partial charge in [0.05, 0.1) is 69.4 Å². The summed E-state index contributed by atoms with van der Waals surface area (Å²) in [5, 5.41) is 46.5. The van der Waals surface area contributed by atoms with E-state index in [2.05, 4.69) is 129 Å². The number of likely N-dealkylation sites (N-methyl/N-ethyl adjacent to an activating group) is 2. The molecule has 0 bridgehead atoms. The van der Waals surface area contributed by atoms with Crippen LogP contribution in [0.3, 0.4) is 0 Å². The van der Waals surface area contributed by atoms with Crippen molar-refractivity contribution in [3.05, 3.63) is 130 Å². The maximum Gasteiger partial charge on any atom is 0.327 e. The number of aliphatic hydroxyl groups excluding tert-OH is 1. The highest BCUT2D eigenvalue weighted by Crippen LogP contribution is 2.45. The standard InChI is InChI=1S/C61H81N11O8S2/c1-42(73)37-68-29-31-69(38-53(75)76)33-35-71(36-34-70(32-30-68)39-54(77)78)50(58(79)80)23-20-46(74)13-10-26-62-59(81)63-45-18-21-47(22-19-45)82-55-43(16-24-51-60(2,3)48-14-11-27-66(6)56(48)64-51)40-72(8,9)41-44(55)17-25-52-61(4,5)49-15-12-28-67(7)57(49)65-52/h11-12,14-19,21-22,24-25,27-28,50H,1,10,13,20,23,26,29-41H2,2-9H3,(H4-2,62,63,73,75,76,77,78,79,80,81)/p+2. The summed E-state index contributed by atoms with van der Waals surface area (Å²) >= 11 is 7.42. The molecule has 2 aromatic rings. The number of allylic oxidation sites excluding steroid dienone is 6. The number of carboxylic acid groups (broad SMARTS) is 3. The molecular formula is C61H83N11O8S2+2. The van der Waals surface area contributed by atoms with Crippen LogP contribution in [0.1, 0.15) is 58.9 Å². The lowest BCUT2D eigenvalue weighted by Gasteiger charge is -2.37.